The van der Waals surface area contributed by atoms with Crippen LogP contribution in [-0.2, 0) is 16.3 Å². The van der Waals surface area contributed by atoms with Gasteiger partial charge in [-0.15, -0.1) is 0 Å². The summed E-state index contributed by atoms with van der Waals surface area (Å²) in [5.74, 6) is -7.18. The molecule has 1 rings (SSSR count). The molecular weight excluding hydrogens is 290 g/mol. The van der Waals surface area contributed by atoms with Gasteiger partial charge >= 0.3 is 16.3 Å². The molecule has 0 aliphatic rings. The van der Waals surface area contributed by atoms with Crippen LogP contribution < -0.4 is 0 Å². The summed E-state index contributed by atoms with van der Waals surface area (Å²) in [5.41, 5.74) is -3.72. The molecule has 0 heterocycles. The smallest absolute Gasteiger partial charge is 0.282 e. The molecule has 0 unspecified atom stereocenters. The maximum absolute atomic E-state index is 13.3. The van der Waals surface area contributed by atoms with Gasteiger partial charge in [-0.2, -0.15) is 21.6 Å². The predicted octanol–water partition coefficient (Wildman–Crippen LogP) is 2.68. The molecular formula is C8H4F6O3S. The highest BCUT2D eigenvalue weighted by molar-refractivity contribution is 7.85. The van der Waals surface area contributed by atoms with E-state index in [1.807, 2.05) is 0 Å². The van der Waals surface area contributed by atoms with E-state index in [1.165, 1.54) is 0 Å². The van der Waals surface area contributed by atoms with Gasteiger partial charge in [0.25, 0.3) is 0 Å². The van der Waals surface area contributed by atoms with Gasteiger partial charge in [-0.1, -0.05) is 0 Å². The quantitative estimate of drug-likeness (QED) is 0.492. The second kappa shape index (κ2) is 4.12. The van der Waals surface area contributed by atoms with E-state index >= 15 is 0 Å². The fourth-order valence-corrected chi connectivity index (χ4v) is 1.96. The normalized spacial score (nSPS) is 12.9. The van der Waals surface area contributed by atoms with Crippen LogP contribution in [0.1, 0.15) is 11.1 Å². The number of hydrogen-bond acceptors (Lipinski definition) is 2. The molecule has 0 bridgehead atoms. The number of alkyl halides is 3. The van der Waals surface area contributed by atoms with Gasteiger partial charge in [0.1, 0.15) is 0 Å². The van der Waals surface area contributed by atoms with Crippen LogP contribution in [0.15, 0.2) is 4.90 Å². The summed E-state index contributed by atoms with van der Waals surface area (Å²) in [6.45, 7) is 0.429. The van der Waals surface area contributed by atoms with Crippen LogP contribution in [0.4, 0.5) is 26.3 Å². The van der Waals surface area contributed by atoms with E-state index in [0.29, 0.717) is 6.92 Å². The largest absolute Gasteiger partial charge is 0.419 e. The van der Waals surface area contributed by atoms with Gasteiger partial charge in [-0.25, -0.2) is 13.2 Å². The topological polar surface area (TPSA) is 54.4 Å². The first-order valence-electron chi connectivity index (χ1n) is 4.10. The molecule has 0 aliphatic heterocycles. The van der Waals surface area contributed by atoms with Crippen molar-refractivity contribution in [3.05, 3.63) is 28.6 Å². The lowest BCUT2D eigenvalue weighted by Crippen LogP contribution is -2.18. The van der Waals surface area contributed by atoms with Crippen molar-refractivity contribution < 1.29 is 39.3 Å². The van der Waals surface area contributed by atoms with Crippen molar-refractivity contribution in [1.29, 1.82) is 0 Å². The molecule has 0 spiro atoms. The fraction of sp³-hybridized carbons (Fsp3) is 0.250. The second-order valence-electron chi connectivity index (χ2n) is 3.24. The number of rotatable bonds is 1. The van der Waals surface area contributed by atoms with E-state index in [4.69, 9.17) is 4.55 Å². The van der Waals surface area contributed by atoms with Crippen LogP contribution in [0.3, 0.4) is 0 Å². The zero-order valence-corrected chi connectivity index (χ0v) is 9.26. The van der Waals surface area contributed by atoms with E-state index in [9.17, 15) is 34.8 Å². The first-order chi connectivity index (χ1) is 7.89. The van der Waals surface area contributed by atoms with Gasteiger partial charge in [0.05, 0.1) is 5.56 Å². The first kappa shape index (κ1) is 14.8. The Bertz CT molecular complexity index is 604. The average molecular weight is 294 g/mol. The minimum atomic E-state index is -5.68. The molecule has 1 N–H and O–H groups in total. The predicted molar refractivity (Wildman–Crippen MR) is 45.9 cm³/mol. The molecule has 0 radical (unpaired) electrons. The zero-order valence-electron chi connectivity index (χ0n) is 8.44. The molecule has 1 aromatic carbocycles. The van der Waals surface area contributed by atoms with Gasteiger partial charge in [0.15, 0.2) is 22.3 Å². The van der Waals surface area contributed by atoms with Gasteiger partial charge in [0.2, 0.25) is 0 Å². The minimum absolute atomic E-state index is 0.429. The Balaban J connectivity index is 3.96. The maximum atomic E-state index is 13.3. The number of benzene rings is 1. The Kier molecular flexibility index (Phi) is 3.38. The molecule has 1 aromatic rings. The third kappa shape index (κ3) is 2.29. The van der Waals surface area contributed by atoms with Crippen molar-refractivity contribution in [3.8, 4) is 0 Å². The maximum Gasteiger partial charge on any atom is 0.419 e. The van der Waals surface area contributed by atoms with Crippen LogP contribution in [0.25, 0.3) is 0 Å². The van der Waals surface area contributed by atoms with E-state index in [-0.39, 0.29) is 0 Å². The summed E-state index contributed by atoms with van der Waals surface area (Å²) >= 11 is 0. The van der Waals surface area contributed by atoms with Crippen LogP contribution in [0, 0.1) is 24.4 Å². The van der Waals surface area contributed by atoms with Gasteiger partial charge < -0.3 is 0 Å². The van der Waals surface area contributed by atoms with Crippen LogP contribution in [0.2, 0.25) is 0 Å². The summed E-state index contributed by atoms with van der Waals surface area (Å²) < 4.78 is 106. The van der Waals surface area contributed by atoms with E-state index in [1.54, 1.807) is 0 Å². The third-order valence-corrected chi connectivity index (χ3v) is 2.93. The monoisotopic (exact) mass is 294 g/mol. The molecule has 0 saturated carbocycles. The minimum Gasteiger partial charge on any atom is -0.282 e. The molecule has 0 fully saturated rings. The molecule has 18 heavy (non-hydrogen) atoms. The summed E-state index contributed by atoms with van der Waals surface area (Å²) in [7, 11) is -5.68. The molecule has 0 aromatic heterocycles. The van der Waals surface area contributed by atoms with Gasteiger partial charge in [-0.05, 0) is 6.92 Å². The van der Waals surface area contributed by atoms with Gasteiger partial charge in [-0.3, -0.25) is 4.55 Å². The molecule has 0 saturated heterocycles. The Hall–Kier alpha value is -1.29. The van der Waals surface area contributed by atoms with Crippen LogP contribution in [0.5, 0.6) is 0 Å². The first-order valence-corrected chi connectivity index (χ1v) is 5.54. The molecule has 0 amide bonds. The third-order valence-electron chi connectivity index (χ3n) is 2.06. The van der Waals surface area contributed by atoms with Crippen molar-refractivity contribution >= 4 is 10.1 Å². The SMILES string of the molecule is Cc1c(F)c(F)c(S(=O)(=O)O)c(F)c1C(F)(F)F. The highest BCUT2D eigenvalue weighted by Crippen LogP contribution is 2.38. The Labute approximate surface area is 96.8 Å². The Morgan fingerprint density at radius 1 is 1.00 bits per heavy atom. The lowest BCUT2D eigenvalue weighted by Gasteiger charge is -2.14. The summed E-state index contributed by atoms with van der Waals surface area (Å²) in [4.78, 5) is -2.36. The number of halogens is 6. The molecule has 102 valence electrons. The van der Waals surface area contributed by atoms with Crippen LogP contribution >= 0.6 is 0 Å². The zero-order chi connectivity index (χ0) is 14.5. The second-order valence-corrected chi connectivity index (χ2v) is 4.60. The fourth-order valence-electron chi connectivity index (χ4n) is 1.31. The molecule has 3 nitrogen and oxygen atoms in total. The van der Waals surface area contributed by atoms with Crippen molar-refractivity contribution in [2.24, 2.45) is 0 Å². The van der Waals surface area contributed by atoms with E-state index < -0.39 is 49.8 Å². The molecule has 0 atom stereocenters. The van der Waals surface area contributed by atoms with Crippen molar-refractivity contribution in [2.75, 3.05) is 0 Å². The lowest BCUT2D eigenvalue weighted by atomic mass is 10.1. The summed E-state index contributed by atoms with van der Waals surface area (Å²) in [6.07, 6.45) is -5.44. The van der Waals surface area contributed by atoms with E-state index in [2.05, 4.69) is 0 Å². The van der Waals surface area contributed by atoms with Crippen molar-refractivity contribution in [2.45, 2.75) is 18.0 Å². The highest BCUT2D eigenvalue weighted by Gasteiger charge is 2.42. The average Bonchev–Trinajstić information content (AvgIpc) is 2.09. The Morgan fingerprint density at radius 2 is 1.44 bits per heavy atom. The standard InChI is InChI=1S/C8H4F6O3S/c1-2-3(8(12,13)14)5(10)7(18(15,16)17)6(11)4(2)9/h1H3,(H,15,16,17). The van der Waals surface area contributed by atoms with Crippen molar-refractivity contribution in [1.82, 2.24) is 0 Å². The van der Waals surface area contributed by atoms with E-state index in [0.717, 1.165) is 0 Å². The van der Waals surface area contributed by atoms with Gasteiger partial charge in [0, 0.05) is 5.56 Å². The lowest BCUT2D eigenvalue weighted by molar-refractivity contribution is -0.141. The summed E-state index contributed by atoms with van der Waals surface area (Å²) in [5, 5.41) is 0. The van der Waals surface area contributed by atoms with Crippen molar-refractivity contribution in [3.63, 3.8) is 0 Å². The van der Waals surface area contributed by atoms with Crippen LogP contribution in [-0.4, -0.2) is 13.0 Å². The summed E-state index contributed by atoms with van der Waals surface area (Å²) in [6, 6.07) is 0. The molecule has 0 aliphatic carbocycles. The Morgan fingerprint density at radius 3 is 1.78 bits per heavy atom. The molecule has 10 heteroatoms. The highest BCUT2D eigenvalue weighted by atomic mass is 32.2. The number of hydrogen-bond donors (Lipinski definition) is 1.